The summed E-state index contributed by atoms with van der Waals surface area (Å²) in [6.07, 6.45) is 8.11. The third kappa shape index (κ3) is 2.61. The van der Waals surface area contributed by atoms with E-state index in [9.17, 15) is 0 Å². The largest absolute Gasteiger partial charge is 0.275 e. The summed E-state index contributed by atoms with van der Waals surface area (Å²) in [6.45, 7) is 0. The van der Waals surface area contributed by atoms with E-state index >= 15 is 0 Å². The zero-order chi connectivity index (χ0) is 14.7. The van der Waals surface area contributed by atoms with Gasteiger partial charge in [-0.3, -0.25) is 16.0 Å². The van der Waals surface area contributed by atoms with Crippen LogP contribution in [0.1, 0.15) is 49.4 Å². The monoisotopic (exact) mass is 284 g/mol. The summed E-state index contributed by atoms with van der Waals surface area (Å²) in [7, 11) is 1.95. The quantitative estimate of drug-likeness (QED) is 0.670. The van der Waals surface area contributed by atoms with Crippen LogP contribution >= 0.6 is 0 Å². The van der Waals surface area contributed by atoms with E-state index in [0.29, 0.717) is 0 Å². The topological polar surface area (TPSA) is 55.9 Å². The van der Waals surface area contributed by atoms with Crippen molar-refractivity contribution in [2.45, 2.75) is 43.6 Å². The molecule has 4 nitrogen and oxygen atoms in total. The van der Waals surface area contributed by atoms with E-state index in [2.05, 4.69) is 46.9 Å². The number of hydrogen-bond donors (Lipinski definition) is 2. The van der Waals surface area contributed by atoms with Gasteiger partial charge in [-0.05, 0) is 24.5 Å². The zero-order valence-electron chi connectivity index (χ0n) is 12.6. The molecule has 21 heavy (non-hydrogen) atoms. The van der Waals surface area contributed by atoms with Crippen LogP contribution in [0.2, 0.25) is 0 Å². The van der Waals surface area contributed by atoms with Crippen LogP contribution in [0.4, 0.5) is 0 Å². The third-order valence-corrected chi connectivity index (χ3v) is 4.84. The van der Waals surface area contributed by atoms with Gasteiger partial charge in [-0.2, -0.15) is 5.10 Å². The second-order valence-corrected chi connectivity index (χ2v) is 6.10. The first-order chi connectivity index (χ1) is 10.3. The number of nitrogens with zero attached hydrogens (tertiary/aromatic N) is 2. The summed E-state index contributed by atoms with van der Waals surface area (Å²) in [5.74, 6) is 5.97. The highest BCUT2D eigenvalue weighted by molar-refractivity contribution is 5.31. The number of hydrogen-bond acceptors (Lipinski definition) is 3. The summed E-state index contributed by atoms with van der Waals surface area (Å²) < 4.78 is 1.85. The number of nitrogens with one attached hydrogen (secondary N) is 1. The van der Waals surface area contributed by atoms with E-state index in [0.717, 1.165) is 18.5 Å². The minimum absolute atomic E-state index is 0.0443. The maximum absolute atomic E-state index is 5.97. The molecule has 1 aromatic carbocycles. The Labute approximate surface area is 126 Å². The van der Waals surface area contributed by atoms with E-state index in [1.165, 1.54) is 24.8 Å². The Balaban J connectivity index is 2.05. The van der Waals surface area contributed by atoms with Gasteiger partial charge in [0, 0.05) is 18.7 Å². The van der Waals surface area contributed by atoms with Crippen molar-refractivity contribution in [1.29, 1.82) is 0 Å². The Hall–Kier alpha value is -1.65. The van der Waals surface area contributed by atoms with Crippen molar-refractivity contribution in [2.24, 2.45) is 12.9 Å². The molecular weight excluding hydrogens is 260 g/mol. The first kappa shape index (κ1) is 14.3. The number of benzene rings is 1. The van der Waals surface area contributed by atoms with Crippen LogP contribution in [0, 0.1) is 0 Å². The predicted molar refractivity (Wildman–Crippen MR) is 84.5 cm³/mol. The van der Waals surface area contributed by atoms with E-state index in [4.69, 9.17) is 5.84 Å². The molecule has 0 bridgehead atoms. The van der Waals surface area contributed by atoms with Crippen molar-refractivity contribution >= 4 is 0 Å². The minimum Gasteiger partial charge on any atom is -0.275 e. The van der Waals surface area contributed by atoms with Crippen LogP contribution in [0.15, 0.2) is 42.6 Å². The van der Waals surface area contributed by atoms with Gasteiger partial charge in [-0.1, -0.05) is 49.6 Å². The zero-order valence-corrected chi connectivity index (χ0v) is 12.6. The van der Waals surface area contributed by atoms with Crippen LogP contribution < -0.4 is 11.3 Å². The van der Waals surface area contributed by atoms with Crippen molar-refractivity contribution in [3.8, 4) is 0 Å². The number of aryl methyl sites for hydroxylation is 1. The number of hydrazine groups is 1. The molecule has 1 saturated carbocycles. The molecule has 1 aromatic heterocycles. The predicted octanol–water partition coefficient (Wildman–Crippen LogP) is 2.83. The second-order valence-electron chi connectivity index (χ2n) is 6.10. The van der Waals surface area contributed by atoms with Gasteiger partial charge in [0.1, 0.15) is 0 Å². The molecular formula is C17H24N4. The fraction of sp³-hybridized carbons (Fsp3) is 0.471. The molecule has 1 aliphatic carbocycles. The maximum Gasteiger partial charge on any atom is 0.0816 e. The fourth-order valence-corrected chi connectivity index (χ4v) is 3.81. The Bertz CT molecular complexity index is 569. The summed E-state index contributed by atoms with van der Waals surface area (Å²) >= 11 is 0. The van der Waals surface area contributed by atoms with Gasteiger partial charge in [0.05, 0.1) is 11.7 Å². The SMILES string of the molecule is Cn1ccc(C(NN)C2(c3ccccc3)CCCCC2)n1. The molecule has 0 amide bonds. The standard InChI is InChI=1S/C17H24N4/c1-21-13-10-15(20-21)16(19-18)17(11-6-3-7-12-17)14-8-4-2-5-9-14/h2,4-5,8-10,13,16,19H,3,6-7,11-12,18H2,1H3. The lowest BCUT2D eigenvalue weighted by molar-refractivity contribution is 0.210. The Morgan fingerprint density at radius 3 is 2.43 bits per heavy atom. The van der Waals surface area contributed by atoms with Gasteiger partial charge >= 0.3 is 0 Å². The highest BCUT2D eigenvalue weighted by atomic mass is 15.3. The molecule has 2 aromatic rings. The molecule has 1 atom stereocenters. The second kappa shape index (κ2) is 6.00. The lowest BCUT2D eigenvalue weighted by atomic mass is 9.64. The highest BCUT2D eigenvalue weighted by Crippen LogP contribution is 2.47. The summed E-state index contributed by atoms with van der Waals surface area (Å²) in [5.41, 5.74) is 5.52. The first-order valence-corrected chi connectivity index (χ1v) is 7.77. The fourth-order valence-electron chi connectivity index (χ4n) is 3.81. The van der Waals surface area contributed by atoms with Crippen LogP contribution in [-0.4, -0.2) is 9.78 Å². The summed E-state index contributed by atoms with van der Waals surface area (Å²) in [5, 5.41) is 4.60. The molecule has 0 aliphatic heterocycles. The van der Waals surface area contributed by atoms with Crippen LogP contribution in [0.25, 0.3) is 0 Å². The molecule has 0 spiro atoms. The molecule has 0 radical (unpaired) electrons. The highest BCUT2D eigenvalue weighted by Gasteiger charge is 2.42. The van der Waals surface area contributed by atoms with Gasteiger partial charge < -0.3 is 0 Å². The Kier molecular flexibility index (Phi) is 4.08. The molecule has 1 aliphatic rings. The number of aromatic nitrogens is 2. The van der Waals surface area contributed by atoms with Gasteiger partial charge in [0.25, 0.3) is 0 Å². The van der Waals surface area contributed by atoms with Gasteiger partial charge in [-0.25, -0.2) is 0 Å². The third-order valence-electron chi connectivity index (χ3n) is 4.84. The van der Waals surface area contributed by atoms with Gasteiger partial charge in [-0.15, -0.1) is 0 Å². The Morgan fingerprint density at radius 1 is 1.14 bits per heavy atom. The van der Waals surface area contributed by atoms with E-state index in [1.54, 1.807) is 0 Å². The minimum atomic E-state index is 0.0443. The molecule has 1 heterocycles. The summed E-state index contributed by atoms with van der Waals surface area (Å²) in [6, 6.07) is 12.9. The van der Waals surface area contributed by atoms with Crippen LogP contribution in [0.3, 0.4) is 0 Å². The van der Waals surface area contributed by atoms with Gasteiger partial charge in [0.2, 0.25) is 0 Å². The van der Waals surface area contributed by atoms with Crippen LogP contribution in [0.5, 0.6) is 0 Å². The van der Waals surface area contributed by atoms with Crippen molar-refractivity contribution in [3.05, 3.63) is 53.9 Å². The molecule has 4 heteroatoms. The van der Waals surface area contributed by atoms with E-state index in [-0.39, 0.29) is 11.5 Å². The van der Waals surface area contributed by atoms with Gasteiger partial charge in [0.15, 0.2) is 0 Å². The average Bonchev–Trinajstić information content (AvgIpc) is 2.96. The molecule has 112 valence electrons. The van der Waals surface area contributed by atoms with Crippen molar-refractivity contribution in [2.75, 3.05) is 0 Å². The molecule has 3 N–H and O–H groups in total. The van der Waals surface area contributed by atoms with Crippen molar-refractivity contribution in [3.63, 3.8) is 0 Å². The Morgan fingerprint density at radius 2 is 1.86 bits per heavy atom. The molecule has 1 unspecified atom stereocenters. The molecule has 0 saturated heterocycles. The van der Waals surface area contributed by atoms with E-state index < -0.39 is 0 Å². The first-order valence-electron chi connectivity index (χ1n) is 7.77. The number of rotatable bonds is 4. The van der Waals surface area contributed by atoms with E-state index in [1.807, 2.05) is 17.9 Å². The molecule has 1 fully saturated rings. The number of nitrogens with two attached hydrogens (primary N) is 1. The van der Waals surface area contributed by atoms with Crippen molar-refractivity contribution in [1.82, 2.24) is 15.2 Å². The summed E-state index contributed by atoms with van der Waals surface area (Å²) in [4.78, 5) is 0. The van der Waals surface area contributed by atoms with Crippen LogP contribution in [-0.2, 0) is 12.5 Å². The maximum atomic E-state index is 5.97. The van der Waals surface area contributed by atoms with Crippen molar-refractivity contribution < 1.29 is 0 Å². The molecule has 3 rings (SSSR count). The smallest absolute Gasteiger partial charge is 0.0816 e. The average molecular weight is 284 g/mol. The lowest BCUT2D eigenvalue weighted by Gasteiger charge is -2.43. The lowest BCUT2D eigenvalue weighted by Crippen LogP contribution is -2.46. The normalized spacial score (nSPS) is 19.3.